The number of aryl methyl sites for hydroxylation is 1. The largest absolute Gasteiger partial charge is 0.511 e. The van der Waals surface area contributed by atoms with Gasteiger partial charge in [-0.25, -0.2) is 9.18 Å². The van der Waals surface area contributed by atoms with Gasteiger partial charge in [-0.3, -0.25) is 4.68 Å². The molecule has 0 unspecified atom stereocenters. The number of aromatic nitrogens is 2. The third kappa shape index (κ3) is 2.49. The average Bonchev–Trinajstić information content (AvgIpc) is 2.28. The Kier molecular flexibility index (Phi) is 2.86. The van der Waals surface area contributed by atoms with Crippen LogP contribution in [0.4, 0.5) is 9.18 Å². The van der Waals surface area contributed by atoms with Crippen molar-refractivity contribution in [2.24, 2.45) is 7.05 Å². The van der Waals surface area contributed by atoms with Crippen molar-refractivity contribution < 1.29 is 19.0 Å². The zero-order chi connectivity index (χ0) is 10.9. The molecule has 1 rings (SSSR count). The number of nitrogens with zero attached hydrogens (tertiary/aromatic N) is 2. The third-order valence-electron chi connectivity index (χ3n) is 1.26. The summed E-state index contributed by atoms with van der Waals surface area (Å²) in [5.41, 5.74) is -0.495. The van der Waals surface area contributed by atoms with Crippen LogP contribution in [0.3, 0.4) is 0 Å². The highest BCUT2D eigenvalue weighted by Crippen LogP contribution is 2.39. The second kappa shape index (κ2) is 3.62. The number of carboxylic acid groups (broad SMARTS) is 1. The maximum Gasteiger partial charge on any atom is 0.511 e. The van der Waals surface area contributed by atoms with Crippen molar-refractivity contribution in [2.75, 3.05) is 0 Å². The molecule has 0 atom stereocenters. The van der Waals surface area contributed by atoms with Crippen molar-refractivity contribution in [1.29, 1.82) is 0 Å². The first-order chi connectivity index (χ1) is 6.30. The maximum atomic E-state index is 13.0. The zero-order valence-corrected chi connectivity index (χ0v) is 8.38. The quantitative estimate of drug-likeness (QED) is 0.637. The molecule has 0 aromatic carbocycles. The lowest BCUT2D eigenvalue weighted by atomic mass is 10.4. The van der Waals surface area contributed by atoms with Crippen LogP contribution >= 0.6 is 23.2 Å². The summed E-state index contributed by atoms with van der Waals surface area (Å²) in [4.78, 5) is 10.2. The molecule has 0 amide bonds. The highest BCUT2D eigenvalue weighted by molar-refractivity contribution is 6.46. The van der Waals surface area contributed by atoms with Crippen LogP contribution in [0.5, 0.6) is 5.75 Å². The highest BCUT2D eigenvalue weighted by Gasteiger charge is 2.34. The van der Waals surface area contributed by atoms with E-state index in [9.17, 15) is 9.18 Å². The van der Waals surface area contributed by atoms with Gasteiger partial charge in [0.25, 0.3) is 0 Å². The Bertz CT molecular complexity index is 360. The van der Waals surface area contributed by atoms with E-state index in [1.54, 1.807) is 0 Å². The van der Waals surface area contributed by atoms with Crippen LogP contribution in [-0.4, -0.2) is 21.0 Å². The molecule has 0 saturated carbocycles. The van der Waals surface area contributed by atoms with Crippen LogP contribution in [0.1, 0.15) is 5.69 Å². The minimum atomic E-state index is -2.79. The van der Waals surface area contributed by atoms with Gasteiger partial charge in [0, 0.05) is 7.05 Å². The van der Waals surface area contributed by atoms with E-state index >= 15 is 0 Å². The molecule has 1 aromatic rings. The first-order valence-electron chi connectivity index (χ1n) is 3.32. The van der Waals surface area contributed by atoms with Crippen LogP contribution in [0.25, 0.3) is 0 Å². The highest BCUT2D eigenvalue weighted by atomic mass is 35.5. The first-order valence-corrected chi connectivity index (χ1v) is 4.08. The van der Waals surface area contributed by atoms with E-state index in [2.05, 4.69) is 9.84 Å². The van der Waals surface area contributed by atoms with Gasteiger partial charge < -0.3 is 9.84 Å². The van der Waals surface area contributed by atoms with E-state index < -0.39 is 16.4 Å². The Labute approximate surface area is 88.0 Å². The Balaban J connectivity index is 3.09. The number of halogens is 3. The van der Waals surface area contributed by atoms with Crippen molar-refractivity contribution in [2.45, 2.75) is 4.59 Å². The molecule has 8 heteroatoms. The maximum absolute atomic E-state index is 13.0. The van der Waals surface area contributed by atoms with Crippen LogP contribution < -0.4 is 4.74 Å². The topological polar surface area (TPSA) is 64.3 Å². The fourth-order valence-electron chi connectivity index (χ4n) is 0.832. The molecule has 0 aliphatic heterocycles. The van der Waals surface area contributed by atoms with Gasteiger partial charge in [0.2, 0.25) is 0 Å². The molecule has 0 saturated heterocycles. The Morgan fingerprint density at radius 1 is 1.79 bits per heavy atom. The summed E-state index contributed by atoms with van der Waals surface area (Å²) < 4.78 is 15.6. The van der Waals surface area contributed by atoms with Crippen LogP contribution in [0.15, 0.2) is 6.20 Å². The standard InChI is InChI=1S/C6H5Cl2FN2O3/c1-11-2-3(14-5(12)13)4(10-11)6(7,8)9/h2H,1H3,(H,12,13). The molecule has 1 N–H and O–H groups in total. The van der Waals surface area contributed by atoms with Gasteiger partial charge in [-0.15, -0.1) is 0 Å². The summed E-state index contributed by atoms with van der Waals surface area (Å²) in [7, 11) is 1.44. The van der Waals surface area contributed by atoms with Gasteiger partial charge in [0.15, 0.2) is 11.4 Å². The molecule has 14 heavy (non-hydrogen) atoms. The Hall–Kier alpha value is -1.01. The van der Waals surface area contributed by atoms with E-state index in [0.717, 1.165) is 10.9 Å². The number of carbonyl (C=O) groups is 1. The Morgan fingerprint density at radius 3 is 2.79 bits per heavy atom. The van der Waals surface area contributed by atoms with Crippen molar-refractivity contribution in [3.8, 4) is 5.75 Å². The van der Waals surface area contributed by atoms with Crippen molar-refractivity contribution in [1.82, 2.24) is 9.78 Å². The van der Waals surface area contributed by atoms with E-state index in [1.165, 1.54) is 7.05 Å². The molecule has 5 nitrogen and oxygen atoms in total. The zero-order valence-electron chi connectivity index (χ0n) is 6.87. The minimum absolute atomic E-state index is 0.340. The number of ether oxygens (including phenoxy) is 1. The lowest BCUT2D eigenvalue weighted by Gasteiger charge is -2.06. The van der Waals surface area contributed by atoms with Gasteiger partial charge in [0.05, 0.1) is 6.20 Å². The SMILES string of the molecule is Cn1cc(OC(=O)O)c(C(F)(Cl)Cl)n1. The molecule has 0 spiro atoms. The van der Waals surface area contributed by atoms with E-state index in [1.807, 2.05) is 0 Å². The third-order valence-corrected chi connectivity index (χ3v) is 1.62. The molecule has 78 valence electrons. The molecule has 0 radical (unpaired) electrons. The Morgan fingerprint density at radius 2 is 2.36 bits per heavy atom. The fourth-order valence-corrected chi connectivity index (χ4v) is 1.09. The average molecular weight is 243 g/mol. The molecular formula is C6H5Cl2FN2O3. The summed E-state index contributed by atoms with van der Waals surface area (Å²) in [5.74, 6) is -0.340. The predicted octanol–water partition coefficient (Wildman–Crippen LogP) is 2.03. The van der Waals surface area contributed by atoms with E-state index in [-0.39, 0.29) is 5.75 Å². The number of hydrogen-bond acceptors (Lipinski definition) is 3. The first kappa shape index (κ1) is 11.1. The number of rotatable bonds is 2. The van der Waals surface area contributed by atoms with Gasteiger partial charge in [0.1, 0.15) is 0 Å². The van der Waals surface area contributed by atoms with Crippen molar-refractivity contribution in [3.63, 3.8) is 0 Å². The molecule has 0 aliphatic carbocycles. The second-order valence-corrected chi connectivity index (χ2v) is 3.62. The van der Waals surface area contributed by atoms with Crippen LogP contribution in [-0.2, 0) is 11.6 Å². The number of alkyl halides is 3. The van der Waals surface area contributed by atoms with E-state index in [4.69, 9.17) is 28.3 Å². The molecule has 1 heterocycles. The molecule has 0 bridgehead atoms. The lowest BCUT2D eigenvalue weighted by Crippen LogP contribution is -2.09. The predicted molar refractivity (Wildman–Crippen MR) is 46.4 cm³/mol. The van der Waals surface area contributed by atoms with Crippen LogP contribution in [0.2, 0.25) is 0 Å². The smallest absolute Gasteiger partial charge is 0.449 e. The molecular weight excluding hydrogens is 238 g/mol. The van der Waals surface area contributed by atoms with Crippen molar-refractivity contribution in [3.05, 3.63) is 11.9 Å². The lowest BCUT2D eigenvalue weighted by molar-refractivity contribution is 0.143. The minimum Gasteiger partial charge on any atom is -0.449 e. The summed E-state index contributed by atoms with van der Waals surface area (Å²) in [6.45, 7) is 0. The van der Waals surface area contributed by atoms with Gasteiger partial charge in [-0.1, -0.05) is 23.2 Å². The summed E-state index contributed by atoms with van der Waals surface area (Å²) in [5, 5.41) is 11.8. The number of hydrogen-bond donors (Lipinski definition) is 1. The normalized spacial score (nSPS) is 11.4. The van der Waals surface area contributed by atoms with Gasteiger partial charge >= 0.3 is 10.7 Å². The van der Waals surface area contributed by atoms with E-state index in [0.29, 0.717) is 0 Å². The summed E-state index contributed by atoms with van der Waals surface area (Å²) >= 11 is 10.2. The van der Waals surface area contributed by atoms with Gasteiger partial charge in [-0.05, 0) is 0 Å². The molecule has 1 aromatic heterocycles. The monoisotopic (exact) mass is 242 g/mol. The van der Waals surface area contributed by atoms with Gasteiger partial charge in [-0.2, -0.15) is 5.10 Å². The summed E-state index contributed by atoms with van der Waals surface area (Å²) in [6.07, 6.45) is -0.459. The van der Waals surface area contributed by atoms with Crippen LogP contribution in [0, 0.1) is 0 Å². The second-order valence-electron chi connectivity index (χ2n) is 2.38. The molecule has 0 fully saturated rings. The summed E-state index contributed by atoms with van der Waals surface area (Å²) in [6, 6.07) is 0. The fraction of sp³-hybridized carbons (Fsp3) is 0.333. The molecule has 0 aliphatic rings. The van der Waals surface area contributed by atoms with Crippen molar-refractivity contribution >= 4 is 29.4 Å².